The molecular formula is C23H30N2O3. The van der Waals surface area contributed by atoms with Crippen molar-refractivity contribution in [1.82, 2.24) is 10.6 Å². The Hall–Kier alpha value is -2.82. The van der Waals surface area contributed by atoms with Gasteiger partial charge in [-0.25, -0.2) is 0 Å². The molecule has 1 atom stereocenters. The highest BCUT2D eigenvalue weighted by Gasteiger charge is 2.14. The zero-order valence-corrected chi connectivity index (χ0v) is 17.1. The molecule has 0 aliphatic rings. The number of aryl methyl sites for hydroxylation is 1. The number of carbonyl (C=O) groups is 2. The second-order valence-electron chi connectivity index (χ2n) is 7.25. The molecule has 5 heteroatoms. The number of methoxy groups -OCH3 is 1. The van der Waals surface area contributed by atoms with Gasteiger partial charge in [0.25, 0.3) is 0 Å². The van der Waals surface area contributed by atoms with Crippen molar-refractivity contribution in [1.29, 1.82) is 0 Å². The van der Waals surface area contributed by atoms with Crippen molar-refractivity contribution in [2.24, 2.45) is 0 Å². The van der Waals surface area contributed by atoms with E-state index in [-0.39, 0.29) is 23.9 Å². The van der Waals surface area contributed by atoms with Crippen LogP contribution in [0.4, 0.5) is 0 Å². The SMILES string of the molecule is COc1cc(C(C)NC(=O)Cc2ccccc2)ccc1CCC(=O)NC(C)C. The summed E-state index contributed by atoms with van der Waals surface area (Å²) >= 11 is 0. The van der Waals surface area contributed by atoms with Crippen molar-refractivity contribution >= 4 is 11.8 Å². The lowest BCUT2D eigenvalue weighted by Gasteiger charge is -2.17. The molecule has 5 nitrogen and oxygen atoms in total. The maximum absolute atomic E-state index is 12.3. The van der Waals surface area contributed by atoms with Gasteiger partial charge in [-0.3, -0.25) is 9.59 Å². The summed E-state index contributed by atoms with van der Waals surface area (Å²) in [6, 6.07) is 15.6. The van der Waals surface area contributed by atoms with E-state index in [1.807, 2.05) is 69.3 Å². The average Bonchev–Trinajstić information content (AvgIpc) is 2.66. The van der Waals surface area contributed by atoms with Crippen LogP contribution in [0.1, 0.15) is 49.9 Å². The van der Waals surface area contributed by atoms with E-state index in [0.29, 0.717) is 19.3 Å². The Bertz CT molecular complexity index is 788. The minimum atomic E-state index is -0.136. The predicted octanol–water partition coefficient (Wildman–Crippen LogP) is 3.57. The van der Waals surface area contributed by atoms with Crippen molar-refractivity contribution in [3.63, 3.8) is 0 Å². The Kier molecular flexibility index (Phi) is 8.05. The summed E-state index contributed by atoms with van der Waals surface area (Å²) in [5.74, 6) is 0.744. The van der Waals surface area contributed by atoms with Gasteiger partial charge in [-0.1, -0.05) is 42.5 Å². The molecule has 0 bridgehead atoms. The normalized spacial score (nSPS) is 11.8. The molecule has 2 rings (SSSR count). The van der Waals surface area contributed by atoms with Crippen LogP contribution in [-0.4, -0.2) is 25.0 Å². The van der Waals surface area contributed by atoms with E-state index < -0.39 is 0 Å². The van der Waals surface area contributed by atoms with Crippen LogP contribution < -0.4 is 15.4 Å². The number of amides is 2. The summed E-state index contributed by atoms with van der Waals surface area (Å²) in [5.41, 5.74) is 2.93. The first kappa shape index (κ1) is 21.5. The Balaban J connectivity index is 1.97. The molecule has 2 N–H and O–H groups in total. The smallest absolute Gasteiger partial charge is 0.224 e. The summed E-state index contributed by atoms with van der Waals surface area (Å²) in [4.78, 5) is 24.2. The van der Waals surface area contributed by atoms with Crippen LogP contribution in [-0.2, 0) is 22.4 Å². The largest absolute Gasteiger partial charge is 0.496 e. The van der Waals surface area contributed by atoms with Gasteiger partial charge in [0.05, 0.1) is 19.6 Å². The van der Waals surface area contributed by atoms with Crippen LogP contribution in [0.5, 0.6) is 5.75 Å². The monoisotopic (exact) mass is 382 g/mol. The van der Waals surface area contributed by atoms with Crippen LogP contribution in [0.3, 0.4) is 0 Å². The second kappa shape index (κ2) is 10.5. The van der Waals surface area contributed by atoms with Gasteiger partial charge in [-0.2, -0.15) is 0 Å². The van der Waals surface area contributed by atoms with Crippen LogP contribution in [0, 0.1) is 0 Å². The first-order valence-electron chi connectivity index (χ1n) is 9.68. The van der Waals surface area contributed by atoms with Crippen molar-refractivity contribution in [2.75, 3.05) is 7.11 Å². The standard InChI is InChI=1S/C23H30N2O3/c1-16(2)24-22(26)13-12-19-10-11-20(15-21(19)28-4)17(3)25-23(27)14-18-8-6-5-7-9-18/h5-11,15-17H,12-14H2,1-4H3,(H,24,26)(H,25,27). The highest BCUT2D eigenvalue weighted by molar-refractivity contribution is 5.79. The Morgan fingerprint density at radius 3 is 2.32 bits per heavy atom. The number of nitrogens with one attached hydrogen (secondary N) is 2. The first-order chi connectivity index (χ1) is 13.4. The van der Waals surface area contributed by atoms with Gasteiger partial charge in [0.2, 0.25) is 11.8 Å². The van der Waals surface area contributed by atoms with Gasteiger partial charge in [0.15, 0.2) is 0 Å². The van der Waals surface area contributed by atoms with Crippen LogP contribution >= 0.6 is 0 Å². The first-order valence-corrected chi connectivity index (χ1v) is 9.68. The molecule has 1 unspecified atom stereocenters. The molecule has 0 radical (unpaired) electrons. The molecule has 0 saturated carbocycles. The number of carbonyl (C=O) groups excluding carboxylic acids is 2. The summed E-state index contributed by atoms with van der Waals surface area (Å²) < 4.78 is 5.51. The van der Waals surface area contributed by atoms with Crippen molar-refractivity contribution in [3.8, 4) is 5.75 Å². The van der Waals surface area contributed by atoms with Gasteiger partial charge in [-0.15, -0.1) is 0 Å². The summed E-state index contributed by atoms with van der Waals surface area (Å²) in [6.07, 6.45) is 1.37. The fourth-order valence-corrected chi connectivity index (χ4v) is 3.04. The van der Waals surface area contributed by atoms with E-state index in [4.69, 9.17) is 4.74 Å². The van der Waals surface area contributed by atoms with E-state index in [1.165, 1.54) is 0 Å². The summed E-state index contributed by atoms with van der Waals surface area (Å²) in [6.45, 7) is 5.84. The Morgan fingerprint density at radius 1 is 0.964 bits per heavy atom. The number of rotatable bonds is 9. The van der Waals surface area contributed by atoms with Crippen molar-refractivity contribution in [3.05, 3.63) is 65.2 Å². The molecule has 0 spiro atoms. The molecular weight excluding hydrogens is 352 g/mol. The lowest BCUT2D eigenvalue weighted by molar-refractivity contribution is -0.122. The highest BCUT2D eigenvalue weighted by atomic mass is 16.5. The zero-order valence-electron chi connectivity index (χ0n) is 17.1. The third-order valence-electron chi connectivity index (χ3n) is 4.47. The van der Waals surface area contributed by atoms with Crippen LogP contribution in [0.25, 0.3) is 0 Å². The molecule has 2 aromatic carbocycles. The number of ether oxygens (including phenoxy) is 1. The summed E-state index contributed by atoms with van der Waals surface area (Å²) in [5, 5.41) is 5.92. The number of benzene rings is 2. The fraction of sp³-hybridized carbons (Fsp3) is 0.391. The molecule has 2 aromatic rings. The van der Waals surface area contributed by atoms with Crippen LogP contribution in [0.2, 0.25) is 0 Å². The lowest BCUT2D eigenvalue weighted by atomic mass is 10.0. The van der Waals surface area contributed by atoms with E-state index in [1.54, 1.807) is 7.11 Å². The molecule has 0 saturated heterocycles. The average molecular weight is 383 g/mol. The van der Waals surface area contributed by atoms with Crippen molar-refractivity contribution in [2.45, 2.75) is 52.1 Å². The number of hydrogen-bond donors (Lipinski definition) is 2. The van der Waals surface area contributed by atoms with E-state index in [2.05, 4.69) is 10.6 Å². The maximum Gasteiger partial charge on any atom is 0.224 e. The Labute approximate surface area is 167 Å². The molecule has 150 valence electrons. The minimum Gasteiger partial charge on any atom is -0.496 e. The Morgan fingerprint density at radius 2 is 1.68 bits per heavy atom. The van der Waals surface area contributed by atoms with Crippen molar-refractivity contribution < 1.29 is 14.3 Å². The van der Waals surface area contributed by atoms with Gasteiger partial charge >= 0.3 is 0 Å². The van der Waals surface area contributed by atoms with Crippen LogP contribution in [0.15, 0.2) is 48.5 Å². The topological polar surface area (TPSA) is 67.4 Å². The third kappa shape index (κ3) is 6.72. The van der Waals surface area contributed by atoms with Gasteiger partial charge in [0.1, 0.15) is 5.75 Å². The van der Waals surface area contributed by atoms with E-state index in [0.717, 1.165) is 22.4 Å². The third-order valence-corrected chi connectivity index (χ3v) is 4.47. The molecule has 2 amide bonds. The molecule has 28 heavy (non-hydrogen) atoms. The maximum atomic E-state index is 12.3. The molecule has 0 aliphatic carbocycles. The molecule has 0 aromatic heterocycles. The number of hydrogen-bond acceptors (Lipinski definition) is 3. The quantitative estimate of drug-likeness (QED) is 0.697. The molecule has 0 aliphatic heterocycles. The summed E-state index contributed by atoms with van der Waals surface area (Å²) in [7, 11) is 1.62. The zero-order chi connectivity index (χ0) is 20.5. The van der Waals surface area contributed by atoms with Gasteiger partial charge < -0.3 is 15.4 Å². The predicted molar refractivity (Wildman–Crippen MR) is 111 cm³/mol. The minimum absolute atomic E-state index is 0.0212. The lowest BCUT2D eigenvalue weighted by Crippen LogP contribution is -2.30. The fourth-order valence-electron chi connectivity index (χ4n) is 3.04. The second-order valence-corrected chi connectivity index (χ2v) is 7.25. The molecule has 0 fully saturated rings. The molecule has 0 heterocycles. The van der Waals surface area contributed by atoms with E-state index >= 15 is 0 Å². The van der Waals surface area contributed by atoms with Gasteiger partial charge in [-0.05, 0) is 49.9 Å². The highest BCUT2D eigenvalue weighted by Crippen LogP contribution is 2.25. The van der Waals surface area contributed by atoms with E-state index in [9.17, 15) is 9.59 Å². The van der Waals surface area contributed by atoms with Gasteiger partial charge in [0, 0.05) is 12.5 Å².